The standard InChI is InChI=1S/C22H19N3OS/c1-16-15-27-22(24-16)25-23-13-20-8-4-5-9-21(20)26-14-17-10-11-18-6-2-3-7-19(18)12-17/h2-13,15H,14H2,1H3,(H,24,25). The number of aryl methyl sites for hydroxylation is 1. The molecule has 0 atom stereocenters. The zero-order chi connectivity index (χ0) is 18.5. The molecule has 4 nitrogen and oxygen atoms in total. The summed E-state index contributed by atoms with van der Waals surface area (Å²) in [5.74, 6) is 0.798. The van der Waals surface area contributed by atoms with Crippen LogP contribution in [0.25, 0.3) is 10.8 Å². The van der Waals surface area contributed by atoms with Gasteiger partial charge in [0.25, 0.3) is 0 Å². The fourth-order valence-electron chi connectivity index (χ4n) is 2.77. The quantitative estimate of drug-likeness (QED) is 0.352. The number of ether oxygens (including phenoxy) is 1. The number of nitrogens with zero attached hydrogens (tertiary/aromatic N) is 2. The first-order chi connectivity index (χ1) is 13.3. The van der Waals surface area contributed by atoms with Gasteiger partial charge in [0.05, 0.1) is 11.9 Å². The van der Waals surface area contributed by atoms with E-state index in [-0.39, 0.29) is 0 Å². The van der Waals surface area contributed by atoms with Gasteiger partial charge in [0.1, 0.15) is 12.4 Å². The Kier molecular flexibility index (Phi) is 5.12. The molecule has 3 aromatic carbocycles. The van der Waals surface area contributed by atoms with Crippen LogP contribution in [0.4, 0.5) is 5.13 Å². The van der Waals surface area contributed by atoms with Gasteiger partial charge in [-0.15, -0.1) is 11.3 Å². The molecule has 0 saturated carbocycles. The van der Waals surface area contributed by atoms with Crippen LogP contribution in [0.5, 0.6) is 5.75 Å². The lowest BCUT2D eigenvalue weighted by molar-refractivity contribution is 0.306. The monoisotopic (exact) mass is 373 g/mol. The number of hydrogen-bond acceptors (Lipinski definition) is 5. The van der Waals surface area contributed by atoms with Crippen LogP contribution in [-0.2, 0) is 6.61 Å². The van der Waals surface area contributed by atoms with Crippen LogP contribution in [0.1, 0.15) is 16.8 Å². The Hall–Kier alpha value is -3.18. The fraction of sp³-hybridized carbons (Fsp3) is 0.0909. The maximum absolute atomic E-state index is 6.05. The molecule has 0 aliphatic heterocycles. The van der Waals surface area contributed by atoms with Gasteiger partial charge in [0, 0.05) is 10.9 Å². The summed E-state index contributed by atoms with van der Waals surface area (Å²) in [6.07, 6.45) is 1.76. The molecule has 0 amide bonds. The predicted octanol–water partition coefficient (Wildman–Crippen LogP) is 5.63. The summed E-state index contributed by atoms with van der Waals surface area (Å²) >= 11 is 1.53. The number of hydrazone groups is 1. The number of benzene rings is 3. The summed E-state index contributed by atoms with van der Waals surface area (Å²) in [6.45, 7) is 2.47. The Bertz CT molecular complexity index is 1090. The van der Waals surface area contributed by atoms with Crippen molar-refractivity contribution >= 4 is 33.5 Å². The smallest absolute Gasteiger partial charge is 0.203 e. The molecule has 0 spiro atoms. The van der Waals surface area contributed by atoms with Crippen LogP contribution >= 0.6 is 11.3 Å². The highest BCUT2D eigenvalue weighted by Crippen LogP contribution is 2.20. The molecule has 0 bridgehead atoms. The number of anilines is 1. The molecular formula is C22H19N3OS. The van der Waals surface area contributed by atoms with E-state index in [4.69, 9.17) is 4.74 Å². The average Bonchev–Trinajstić information content (AvgIpc) is 3.12. The molecule has 5 heteroatoms. The van der Waals surface area contributed by atoms with Gasteiger partial charge >= 0.3 is 0 Å². The van der Waals surface area contributed by atoms with Crippen molar-refractivity contribution in [3.05, 3.63) is 88.9 Å². The SMILES string of the molecule is Cc1csc(NN=Cc2ccccc2OCc2ccc3ccccc3c2)n1. The Morgan fingerprint density at radius 3 is 2.70 bits per heavy atom. The molecule has 4 rings (SSSR count). The summed E-state index contributed by atoms with van der Waals surface area (Å²) in [7, 11) is 0. The second-order valence-electron chi connectivity index (χ2n) is 6.17. The van der Waals surface area contributed by atoms with Gasteiger partial charge in [-0.2, -0.15) is 5.10 Å². The number of hydrogen-bond donors (Lipinski definition) is 1. The summed E-state index contributed by atoms with van der Waals surface area (Å²) in [6, 6.07) is 22.6. The van der Waals surface area contributed by atoms with Gasteiger partial charge in [-0.05, 0) is 41.5 Å². The van der Waals surface area contributed by atoms with E-state index in [0.29, 0.717) is 6.61 Å². The van der Waals surface area contributed by atoms with E-state index in [1.807, 2.05) is 36.6 Å². The number of aromatic nitrogens is 1. The molecule has 1 N–H and O–H groups in total. The second kappa shape index (κ2) is 8.01. The third-order valence-electron chi connectivity index (χ3n) is 4.11. The molecule has 0 fully saturated rings. The van der Waals surface area contributed by atoms with Gasteiger partial charge in [-0.1, -0.05) is 48.5 Å². The Labute approximate surface area is 162 Å². The molecule has 27 heavy (non-hydrogen) atoms. The minimum absolute atomic E-state index is 0.509. The molecule has 0 aliphatic carbocycles. The van der Waals surface area contributed by atoms with E-state index in [9.17, 15) is 0 Å². The molecule has 134 valence electrons. The Morgan fingerprint density at radius 1 is 1.04 bits per heavy atom. The van der Waals surface area contributed by atoms with Crippen molar-refractivity contribution in [3.8, 4) is 5.75 Å². The van der Waals surface area contributed by atoms with E-state index in [1.165, 1.54) is 22.1 Å². The first-order valence-corrected chi connectivity index (χ1v) is 9.56. The average molecular weight is 373 g/mol. The third-order valence-corrected chi connectivity index (χ3v) is 4.97. The largest absolute Gasteiger partial charge is 0.488 e. The summed E-state index contributed by atoms with van der Waals surface area (Å²) < 4.78 is 6.05. The highest BCUT2D eigenvalue weighted by molar-refractivity contribution is 7.13. The number of para-hydroxylation sites is 1. The van der Waals surface area contributed by atoms with Gasteiger partial charge in [-0.3, -0.25) is 5.43 Å². The lowest BCUT2D eigenvalue weighted by Crippen LogP contribution is -1.99. The summed E-state index contributed by atoms with van der Waals surface area (Å²) in [5.41, 5.74) is 5.99. The summed E-state index contributed by atoms with van der Waals surface area (Å²) in [5, 5.41) is 9.49. The van der Waals surface area contributed by atoms with Crippen molar-refractivity contribution in [1.82, 2.24) is 4.98 Å². The lowest BCUT2D eigenvalue weighted by Gasteiger charge is -2.09. The van der Waals surface area contributed by atoms with Crippen molar-refractivity contribution < 1.29 is 4.74 Å². The molecule has 4 aromatic rings. The molecule has 1 heterocycles. The van der Waals surface area contributed by atoms with Gasteiger partial charge in [-0.25, -0.2) is 4.98 Å². The Balaban J connectivity index is 1.45. The normalized spacial score (nSPS) is 11.1. The third kappa shape index (κ3) is 4.33. The van der Waals surface area contributed by atoms with Gasteiger partial charge in [0.2, 0.25) is 5.13 Å². The van der Waals surface area contributed by atoms with Gasteiger partial charge in [0.15, 0.2) is 0 Å². The molecule has 0 saturated heterocycles. The van der Waals surface area contributed by atoms with E-state index >= 15 is 0 Å². The zero-order valence-corrected chi connectivity index (χ0v) is 15.7. The highest BCUT2D eigenvalue weighted by atomic mass is 32.1. The highest BCUT2D eigenvalue weighted by Gasteiger charge is 2.03. The van der Waals surface area contributed by atoms with Crippen molar-refractivity contribution in [2.45, 2.75) is 13.5 Å². The number of fused-ring (bicyclic) bond motifs is 1. The minimum atomic E-state index is 0.509. The van der Waals surface area contributed by atoms with E-state index in [0.717, 1.165) is 27.7 Å². The number of nitrogens with one attached hydrogen (secondary N) is 1. The van der Waals surface area contributed by atoms with Gasteiger partial charge < -0.3 is 4.74 Å². The summed E-state index contributed by atoms with van der Waals surface area (Å²) in [4.78, 5) is 4.33. The van der Waals surface area contributed by atoms with Crippen LogP contribution in [0.2, 0.25) is 0 Å². The lowest BCUT2D eigenvalue weighted by atomic mass is 10.1. The van der Waals surface area contributed by atoms with E-state index < -0.39 is 0 Å². The van der Waals surface area contributed by atoms with Crippen LogP contribution in [0.15, 0.2) is 77.2 Å². The maximum atomic E-state index is 6.05. The molecule has 0 aliphatic rings. The van der Waals surface area contributed by atoms with Crippen molar-refractivity contribution in [1.29, 1.82) is 0 Å². The Morgan fingerprint density at radius 2 is 1.85 bits per heavy atom. The minimum Gasteiger partial charge on any atom is -0.488 e. The zero-order valence-electron chi connectivity index (χ0n) is 14.9. The van der Waals surface area contributed by atoms with Crippen molar-refractivity contribution in [3.63, 3.8) is 0 Å². The first-order valence-electron chi connectivity index (χ1n) is 8.69. The van der Waals surface area contributed by atoms with Crippen molar-refractivity contribution in [2.75, 3.05) is 5.43 Å². The van der Waals surface area contributed by atoms with Crippen LogP contribution in [-0.4, -0.2) is 11.2 Å². The van der Waals surface area contributed by atoms with Crippen LogP contribution in [0.3, 0.4) is 0 Å². The molecular weight excluding hydrogens is 354 g/mol. The van der Waals surface area contributed by atoms with E-state index in [1.54, 1.807) is 6.21 Å². The molecule has 0 unspecified atom stereocenters. The molecule has 0 radical (unpaired) electrons. The van der Waals surface area contributed by atoms with Crippen molar-refractivity contribution in [2.24, 2.45) is 5.10 Å². The first kappa shape index (κ1) is 17.2. The molecule has 1 aromatic heterocycles. The predicted molar refractivity (Wildman–Crippen MR) is 113 cm³/mol. The van der Waals surface area contributed by atoms with Crippen LogP contribution in [0, 0.1) is 6.92 Å². The maximum Gasteiger partial charge on any atom is 0.203 e. The second-order valence-corrected chi connectivity index (χ2v) is 7.03. The van der Waals surface area contributed by atoms with Crippen LogP contribution < -0.4 is 10.2 Å². The number of thiazole rings is 1. The number of rotatable bonds is 6. The van der Waals surface area contributed by atoms with E-state index in [2.05, 4.69) is 58.0 Å². The fourth-order valence-corrected chi connectivity index (χ4v) is 3.41. The topological polar surface area (TPSA) is 46.5 Å².